The number of fused-ring (bicyclic) bond motifs is 2. The fraction of sp³-hybridized carbons (Fsp3) is 0.391. The van der Waals surface area contributed by atoms with Crippen molar-refractivity contribution in [1.82, 2.24) is 30.0 Å². The molecule has 8 nitrogen and oxygen atoms in total. The number of nitrogens with one attached hydrogen (secondary N) is 1. The lowest BCUT2D eigenvalue weighted by atomic mass is 9.78. The van der Waals surface area contributed by atoms with Gasteiger partial charge < -0.3 is 19.7 Å². The van der Waals surface area contributed by atoms with Gasteiger partial charge in [0.25, 0.3) is 5.92 Å². The summed E-state index contributed by atoms with van der Waals surface area (Å²) in [6.07, 6.45) is 5.94. The Labute approximate surface area is 189 Å². The van der Waals surface area contributed by atoms with E-state index in [1.807, 2.05) is 6.07 Å². The maximum absolute atomic E-state index is 14.6. The van der Waals surface area contributed by atoms with Crippen molar-refractivity contribution in [1.29, 1.82) is 0 Å². The second-order valence-electron chi connectivity index (χ2n) is 8.87. The molecule has 4 heterocycles. The minimum absolute atomic E-state index is 0.0217. The van der Waals surface area contributed by atoms with Crippen molar-refractivity contribution in [2.45, 2.75) is 43.4 Å². The molecule has 0 aliphatic carbocycles. The molecule has 3 aromatic rings. The van der Waals surface area contributed by atoms with Gasteiger partial charge in [-0.15, -0.1) is 10.2 Å². The number of hydrogen-bond acceptors (Lipinski definition) is 7. The Kier molecular flexibility index (Phi) is 5.02. The van der Waals surface area contributed by atoms with Gasteiger partial charge in [0.05, 0.1) is 29.9 Å². The van der Waals surface area contributed by atoms with E-state index in [0.29, 0.717) is 16.8 Å². The van der Waals surface area contributed by atoms with E-state index in [-0.39, 0.29) is 30.3 Å². The van der Waals surface area contributed by atoms with Crippen LogP contribution in [0.4, 0.5) is 8.78 Å². The number of methoxy groups -OCH3 is 1. The third-order valence-electron chi connectivity index (χ3n) is 6.84. The number of ether oxygens (including phenoxy) is 1. The number of phenols is 1. The molecule has 33 heavy (non-hydrogen) atoms. The predicted octanol–water partition coefficient (Wildman–Crippen LogP) is 3.23. The van der Waals surface area contributed by atoms with Gasteiger partial charge in [-0.2, -0.15) is 0 Å². The molecule has 172 valence electrons. The zero-order valence-corrected chi connectivity index (χ0v) is 18.2. The Morgan fingerprint density at radius 2 is 2.12 bits per heavy atom. The first kappa shape index (κ1) is 21.6. The van der Waals surface area contributed by atoms with Gasteiger partial charge in [0.2, 0.25) is 0 Å². The second-order valence-corrected chi connectivity index (χ2v) is 8.87. The number of aromatic nitrogens is 5. The fourth-order valence-electron chi connectivity index (χ4n) is 4.98. The van der Waals surface area contributed by atoms with Crippen molar-refractivity contribution < 1.29 is 18.6 Å². The molecule has 2 fully saturated rings. The van der Waals surface area contributed by atoms with Crippen molar-refractivity contribution in [2.24, 2.45) is 5.92 Å². The highest BCUT2D eigenvalue weighted by Crippen LogP contribution is 2.51. The molecule has 2 saturated heterocycles. The summed E-state index contributed by atoms with van der Waals surface area (Å²) in [6.45, 7) is 5.65. The molecule has 0 spiro atoms. The summed E-state index contributed by atoms with van der Waals surface area (Å²) in [7, 11) is 1.52. The third-order valence-corrected chi connectivity index (χ3v) is 6.84. The van der Waals surface area contributed by atoms with Crippen LogP contribution in [0.1, 0.15) is 25.6 Å². The van der Waals surface area contributed by atoms with E-state index in [1.54, 1.807) is 35.4 Å². The van der Waals surface area contributed by atoms with Crippen LogP contribution in [-0.2, 0) is 4.74 Å². The molecule has 0 unspecified atom stereocenters. The van der Waals surface area contributed by atoms with Gasteiger partial charge in [-0.25, -0.2) is 18.7 Å². The van der Waals surface area contributed by atoms with E-state index < -0.39 is 23.6 Å². The van der Waals surface area contributed by atoms with Crippen LogP contribution < -0.4 is 5.32 Å². The summed E-state index contributed by atoms with van der Waals surface area (Å²) in [4.78, 5) is 8.38. The van der Waals surface area contributed by atoms with Gasteiger partial charge in [0, 0.05) is 49.5 Å². The molecule has 0 radical (unpaired) electrons. The summed E-state index contributed by atoms with van der Waals surface area (Å²) in [5.41, 5.74) is 0.773. The van der Waals surface area contributed by atoms with Crippen LogP contribution in [0.2, 0.25) is 0 Å². The Morgan fingerprint density at radius 3 is 2.76 bits per heavy atom. The first-order chi connectivity index (χ1) is 15.7. The lowest BCUT2D eigenvalue weighted by Gasteiger charge is -2.42. The molecule has 2 aromatic heterocycles. The van der Waals surface area contributed by atoms with Crippen LogP contribution >= 0.6 is 0 Å². The van der Waals surface area contributed by atoms with Crippen LogP contribution in [0.25, 0.3) is 22.5 Å². The standard InChI is InChI=1S/C23H24F2N6O2/c1-13(16-9-22(2)23(24,25)10-17(28-22)20(16)33-3)21-27-11-18(29-30-21)15-5-4-14(8-19(15)32)31-7-6-26-12-31/h4-8,11-12,16-17,20,28,32H,1,9-10H2,2-3H3/t16-,17-,20-,22-/m1/s1. The lowest BCUT2D eigenvalue weighted by molar-refractivity contribution is -0.0630. The molecule has 2 N–H and O–H groups in total. The smallest absolute Gasteiger partial charge is 0.267 e. The molecule has 4 atom stereocenters. The Hall–Kier alpha value is -3.24. The third kappa shape index (κ3) is 3.50. The lowest BCUT2D eigenvalue weighted by Crippen LogP contribution is -2.59. The minimum atomic E-state index is -2.84. The monoisotopic (exact) mass is 454 g/mol. The van der Waals surface area contributed by atoms with E-state index in [0.717, 1.165) is 5.69 Å². The molecular formula is C23H24F2N6O2. The normalized spacial score (nSPS) is 28.1. The van der Waals surface area contributed by atoms with Crippen LogP contribution in [0.15, 0.2) is 49.7 Å². The summed E-state index contributed by atoms with van der Waals surface area (Å²) in [5, 5.41) is 21.9. The van der Waals surface area contributed by atoms with Gasteiger partial charge in [0.1, 0.15) is 11.4 Å². The molecule has 0 amide bonds. The van der Waals surface area contributed by atoms with Gasteiger partial charge in [-0.05, 0) is 31.1 Å². The zero-order valence-electron chi connectivity index (χ0n) is 18.2. The van der Waals surface area contributed by atoms with Crippen molar-refractivity contribution in [3.05, 3.63) is 55.5 Å². The predicted molar refractivity (Wildman–Crippen MR) is 117 cm³/mol. The molecule has 10 heteroatoms. The van der Waals surface area contributed by atoms with Crippen molar-refractivity contribution >= 4 is 5.57 Å². The SMILES string of the molecule is C=C(c1ncc(-c2ccc(-n3ccnc3)cc2O)nn1)[C@H]1C[C@@]2(C)N[C@H](CC2(F)F)[C@@H]1OC. The number of imidazole rings is 1. The highest BCUT2D eigenvalue weighted by molar-refractivity contribution is 5.68. The zero-order chi connectivity index (χ0) is 23.4. The maximum Gasteiger partial charge on any atom is 0.267 e. The molecular weight excluding hydrogens is 430 g/mol. The molecule has 0 saturated carbocycles. The number of halogens is 2. The van der Waals surface area contributed by atoms with E-state index in [4.69, 9.17) is 4.74 Å². The number of nitrogens with zero attached hydrogens (tertiary/aromatic N) is 5. The molecule has 2 bridgehead atoms. The highest BCUT2D eigenvalue weighted by atomic mass is 19.3. The fourth-order valence-corrected chi connectivity index (χ4v) is 4.98. The van der Waals surface area contributed by atoms with Crippen LogP contribution in [0, 0.1) is 5.92 Å². The average Bonchev–Trinajstić information content (AvgIpc) is 3.38. The van der Waals surface area contributed by atoms with Crippen molar-refractivity contribution in [2.75, 3.05) is 7.11 Å². The van der Waals surface area contributed by atoms with E-state index in [1.165, 1.54) is 20.2 Å². The summed E-state index contributed by atoms with van der Waals surface area (Å²) in [6, 6.07) is 4.66. The van der Waals surface area contributed by atoms with Gasteiger partial charge in [-0.1, -0.05) is 6.58 Å². The van der Waals surface area contributed by atoms with Gasteiger partial charge in [0.15, 0.2) is 5.82 Å². The second kappa shape index (κ2) is 7.67. The maximum atomic E-state index is 14.6. The number of benzene rings is 1. The van der Waals surface area contributed by atoms with Crippen LogP contribution in [-0.4, -0.2) is 60.6 Å². The van der Waals surface area contributed by atoms with Gasteiger partial charge >= 0.3 is 0 Å². The van der Waals surface area contributed by atoms with Crippen molar-refractivity contribution in [3.63, 3.8) is 0 Å². The molecule has 2 aliphatic rings. The van der Waals surface area contributed by atoms with E-state index in [2.05, 4.69) is 32.1 Å². The summed E-state index contributed by atoms with van der Waals surface area (Å²) in [5.74, 6) is -2.93. The Bertz CT molecular complexity index is 1180. The molecule has 1 aromatic carbocycles. The summed E-state index contributed by atoms with van der Waals surface area (Å²) >= 11 is 0. The topological polar surface area (TPSA) is 98.0 Å². The first-order valence-corrected chi connectivity index (χ1v) is 10.6. The quantitative estimate of drug-likeness (QED) is 0.611. The number of piperidine rings is 1. The first-order valence-electron chi connectivity index (χ1n) is 10.6. The van der Waals surface area contributed by atoms with Gasteiger partial charge in [-0.3, -0.25) is 0 Å². The van der Waals surface area contributed by atoms with Crippen LogP contribution in [0.3, 0.4) is 0 Å². The van der Waals surface area contributed by atoms with Crippen LogP contribution in [0.5, 0.6) is 5.75 Å². The largest absolute Gasteiger partial charge is 0.507 e. The minimum Gasteiger partial charge on any atom is -0.507 e. The van der Waals surface area contributed by atoms with Crippen molar-refractivity contribution in [3.8, 4) is 22.7 Å². The van der Waals surface area contributed by atoms with E-state index >= 15 is 0 Å². The average molecular weight is 454 g/mol. The molecule has 2 aliphatic heterocycles. The Morgan fingerprint density at radius 1 is 1.30 bits per heavy atom. The highest BCUT2D eigenvalue weighted by Gasteiger charge is 2.64. The number of aromatic hydroxyl groups is 1. The number of phenolic OH excluding ortho intramolecular Hbond substituents is 1. The number of hydrogen-bond donors (Lipinski definition) is 2. The van der Waals surface area contributed by atoms with E-state index in [9.17, 15) is 13.9 Å². The summed E-state index contributed by atoms with van der Waals surface area (Å²) < 4.78 is 36.6. The molecule has 5 rings (SSSR count). The number of rotatable bonds is 5. The Balaban J connectivity index is 1.39. The number of alkyl halides is 2.